The monoisotopic (exact) mass is 327 g/mol. The Morgan fingerprint density at radius 2 is 1.70 bits per heavy atom. The number of hydrogen-bond donors (Lipinski definition) is 1. The molecule has 6 heteroatoms. The van der Waals surface area contributed by atoms with Crippen molar-refractivity contribution < 1.29 is 8.42 Å². The number of rotatable bonds is 4. The van der Waals surface area contributed by atoms with E-state index < -0.39 is 10.0 Å². The second-order valence-electron chi connectivity index (χ2n) is 3.98. The van der Waals surface area contributed by atoms with Crippen molar-refractivity contribution in [2.75, 3.05) is 4.72 Å². The van der Waals surface area contributed by atoms with Crippen molar-refractivity contribution in [3.8, 4) is 0 Å². The van der Waals surface area contributed by atoms with Crippen LogP contribution in [0, 0.1) is 0 Å². The minimum absolute atomic E-state index is 0.245. The molecule has 1 N–H and O–H groups in total. The normalized spacial score (nSPS) is 11.7. The number of benzene rings is 2. The lowest BCUT2D eigenvalue weighted by atomic mass is 10.2. The van der Waals surface area contributed by atoms with Gasteiger partial charge in [-0.15, -0.1) is 0 Å². The molecule has 0 heterocycles. The third-order valence-electron chi connectivity index (χ3n) is 2.42. The molecule has 3 nitrogen and oxygen atoms in total. The average Bonchev–Trinajstić information content (AvgIpc) is 2.41. The summed E-state index contributed by atoms with van der Waals surface area (Å²) in [5, 5.41) is 1.78. The molecule has 2 aromatic carbocycles. The Hall–Kier alpha value is -1.49. The van der Waals surface area contributed by atoms with Crippen LogP contribution in [0.3, 0.4) is 0 Å². The number of sulfonamides is 1. The number of nitrogens with one attached hydrogen (secondary N) is 1. The van der Waals surface area contributed by atoms with Gasteiger partial charge in [0.2, 0.25) is 0 Å². The van der Waals surface area contributed by atoms with Crippen LogP contribution in [0.4, 0.5) is 5.69 Å². The molecule has 20 heavy (non-hydrogen) atoms. The van der Waals surface area contributed by atoms with E-state index in [0.29, 0.717) is 5.02 Å². The first kappa shape index (κ1) is 14.9. The molecule has 0 atom stereocenters. The van der Waals surface area contributed by atoms with Crippen LogP contribution in [0.25, 0.3) is 6.08 Å². The van der Waals surface area contributed by atoms with Gasteiger partial charge in [-0.2, -0.15) is 0 Å². The van der Waals surface area contributed by atoms with Gasteiger partial charge < -0.3 is 0 Å². The molecule has 2 rings (SSSR count). The molecule has 0 spiro atoms. The van der Waals surface area contributed by atoms with E-state index in [1.54, 1.807) is 18.2 Å². The zero-order chi connectivity index (χ0) is 14.6. The zero-order valence-corrected chi connectivity index (χ0v) is 12.6. The van der Waals surface area contributed by atoms with Crippen molar-refractivity contribution >= 4 is 45.0 Å². The first-order valence-corrected chi connectivity index (χ1v) is 7.97. The summed E-state index contributed by atoms with van der Waals surface area (Å²) in [5.74, 6) is 0. The van der Waals surface area contributed by atoms with Gasteiger partial charge in [0.1, 0.15) is 0 Å². The van der Waals surface area contributed by atoms with Gasteiger partial charge in [0.15, 0.2) is 0 Å². The van der Waals surface area contributed by atoms with Crippen LogP contribution in [0.15, 0.2) is 53.9 Å². The van der Waals surface area contributed by atoms with E-state index in [1.807, 2.05) is 18.2 Å². The average molecular weight is 328 g/mol. The SMILES string of the molecule is O=S(=O)(/C=C/c1ccccc1)Nc1ccc(Cl)cc1Cl. The molecule has 0 aliphatic carbocycles. The molecule has 0 radical (unpaired) electrons. The van der Waals surface area contributed by atoms with Crippen molar-refractivity contribution in [2.24, 2.45) is 0 Å². The molecule has 0 aromatic heterocycles. The van der Waals surface area contributed by atoms with Crippen molar-refractivity contribution in [3.63, 3.8) is 0 Å². The standard InChI is InChI=1S/C14H11Cl2NO2S/c15-12-6-7-14(13(16)10-12)17-20(18,19)9-8-11-4-2-1-3-5-11/h1-10,17H/b9-8+. The Morgan fingerprint density at radius 3 is 2.35 bits per heavy atom. The van der Waals surface area contributed by atoms with Crippen molar-refractivity contribution in [3.05, 3.63) is 69.5 Å². The highest BCUT2D eigenvalue weighted by Crippen LogP contribution is 2.26. The topological polar surface area (TPSA) is 46.2 Å². The number of hydrogen-bond acceptors (Lipinski definition) is 2. The maximum Gasteiger partial charge on any atom is 0.255 e. The first-order valence-electron chi connectivity index (χ1n) is 5.67. The second kappa shape index (κ2) is 6.31. The van der Waals surface area contributed by atoms with E-state index in [1.165, 1.54) is 18.2 Å². The Morgan fingerprint density at radius 1 is 1.00 bits per heavy atom. The Bertz CT molecular complexity index is 728. The van der Waals surface area contributed by atoms with Gasteiger partial charge in [0, 0.05) is 5.02 Å². The fourth-order valence-electron chi connectivity index (χ4n) is 1.49. The molecule has 0 aliphatic heterocycles. The molecule has 0 unspecified atom stereocenters. The Balaban J connectivity index is 2.17. The van der Waals surface area contributed by atoms with Crippen LogP contribution in [0.1, 0.15) is 5.56 Å². The van der Waals surface area contributed by atoms with Gasteiger partial charge in [0.05, 0.1) is 16.1 Å². The third-order valence-corrected chi connectivity index (χ3v) is 3.97. The van der Waals surface area contributed by atoms with E-state index in [-0.39, 0.29) is 10.7 Å². The van der Waals surface area contributed by atoms with E-state index in [9.17, 15) is 8.42 Å². The Kier molecular flexibility index (Phi) is 4.70. The van der Waals surface area contributed by atoms with E-state index in [0.717, 1.165) is 11.0 Å². The minimum atomic E-state index is -3.63. The number of anilines is 1. The predicted molar refractivity (Wildman–Crippen MR) is 84.5 cm³/mol. The largest absolute Gasteiger partial charge is 0.279 e. The molecular formula is C14H11Cl2NO2S. The highest BCUT2D eigenvalue weighted by molar-refractivity contribution is 7.95. The molecule has 0 bridgehead atoms. The van der Waals surface area contributed by atoms with E-state index in [2.05, 4.69) is 4.72 Å². The summed E-state index contributed by atoms with van der Waals surface area (Å²) >= 11 is 11.7. The van der Waals surface area contributed by atoms with Crippen molar-refractivity contribution in [2.45, 2.75) is 0 Å². The molecule has 0 amide bonds. The number of halogens is 2. The molecular weight excluding hydrogens is 317 g/mol. The van der Waals surface area contributed by atoms with Crippen LogP contribution in [-0.2, 0) is 10.0 Å². The molecule has 0 aliphatic rings. The molecule has 2 aromatic rings. The highest BCUT2D eigenvalue weighted by atomic mass is 35.5. The van der Waals surface area contributed by atoms with Gasteiger partial charge in [-0.25, -0.2) is 8.42 Å². The molecule has 104 valence electrons. The van der Waals surface area contributed by atoms with Crippen LogP contribution >= 0.6 is 23.2 Å². The predicted octanol–water partition coefficient (Wildman–Crippen LogP) is 4.41. The summed E-state index contributed by atoms with van der Waals surface area (Å²) in [5.41, 5.74) is 1.08. The van der Waals surface area contributed by atoms with Crippen molar-refractivity contribution in [1.29, 1.82) is 0 Å². The summed E-state index contributed by atoms with van der Waals surface area (Å²) < 4.78 is 26.2. The van der Waals surface area contributed by atoms with Crippen LogP contribution in [0.2, 0.25) is 10.0 Å². The van der Waals surface area contributed by atoms with Gasteiger partial charge in [-0.1, -0.05) is 53.5 Å². The smallest absolute Gasteiger partial charge is 0.255 e. The lowest BCUT2D eigenvalue weighted by Crippen LogP contribution is -2.09. The molecule has 0 saturated heterocycles. The van der Waals surface area contributed by atoms with Crippen LogP contribution < -0.4 is 4.72 Å². The summed E-state index contributed by atoms with van der Waals surface area (Å²) in [6.45, 7) is 0. The summed E-state index contributed by atoms with van der Waals surface area (Å²) in [4.78, 5) is 0. The maximum atomic E-state index is 11.9. The zero-order valence-electron chi connectivity index (χ0n) is 10.3. The molecule has 0 saturated carbocycles. The minimum Gasteiger partial charge on any atom is -0.279 e. The van der Waals surface area contributed by atoms with Gasteiger partial charge in [-0.05, 0) is 29.8 Å². The summed E-state index contributed by atoms with van der Waals surface area (Å²) in [6.07, 6.45) is 1.51. The summed E-state index contributed by atoms with van der Waals surface area (Å²) in [6, 6.07) is 13.7. The quantitative estimate of drug-likeness (QED) is 0.904. The third kappa shape index (κ3) is 4.27. The van der Waals surface area contributed by atoms with E-state index >= 15 is 0 Å². The second-order valence-corrected chi connectivity index (χ2v) is 6.39. The molecule has 0 fully saturated rings. The fourth-order valence-corrected chi connectivity index (χ4v) is 2.89. The highest BCUT2D eigenvalue weighted by Gasteiger charge is 2.09. The van der Waals surface area contributed by atoms with Gasteiger partial charge in [0.25, 0.3) is 10.0 Å². The lowest BCUT2D eigenvalue weighted by Gasteiger charge is -2.06. The van der Waals surface area contributed by atoms with Crippen molar-refractivity contribution in [1.82, 2.24) is 0 Å². The van der Waals surface area contributed by atoms with Gasteiger partial charge >= 0.3 is 0 Å². The van der Waals surface area contributed by atoms with Gasteiger partial charge in [-0.3, -0.25) is 4.72 Å². The summed E-state index contributed by atoms with van der Waals surface area (Å²) in [7, 11) is -3.63. The maximum absolute atomic E-state index is 11.9. The van der Waals surface area contributed by atoms with Crippen LogP contribution in [0.5, 0.6) is 0 Å². The lowest BCUT2D eigenvalue weighted by molar-refractivity contribution is 0.609. The van der Waals surface area contributed by atoms with E-state index in [4.69, 9.17) is 23.2 Å². The fraction of sp³-hybridized carbons (Fsp3) is 0. The first-order chi connectivity index (χ1) is 9.46. The Labute approximate surface area is 127 Å². The van der Waals surface area contributed by atoms with Crippen LogP contribution in [-0.4, -0.2) is 8.42 Å².